The monoisotopic (exact) mass is 306 g/mol. The molecule has 5 heteroatoms. The van der Waals surface area contributed by atoms with Gasteiger partial charge in [0.15, 0.2) is 0 Å². The van der Waals surface area contributed by atoms with Gasteiger partial charge in [-0.05, 0) is 24.3 Å². The van der Waals surface area contributed by atoms with Crippen molar-refractivity contribution in [2.45, 2.75) is 0 Å². The van der Waals surface area contributed by atoms with Gasteiger partial charge in [-0.25, -0.2) is 4.98 Å². The van der Waals surface area contributed by atoms with Crippen molar-refractivity contribution in [2.24, 2.45) is 0 Å². The molecule has 5 nitrogen and oxygen atoms in total. The molecule has 0 bridgehead atoms. The third-order valence-corrected chi connectivity index (χ3v) is 4.37. The first-order chi connectivity index (χ1) is 11.3. The summed E-state index contributed by atoms with van der Waals surface area (Å²) in [5.74, 6) is 0.0805. The number of carbonyl (C=O) groups excluding carboxylic acids is 1. The Labute approximate surface area is 134 Å². The predicted molar refractivity (Wildman–Crippen MR) is 90.7 cm³/mol. The number of benzene rings is 1. The standard InChI is InChI=1S/C18H18N4O/c23-18(16-13-20-17-15(16)7-4-8-19-17)22-11-9-21(10-12-22)14-5-2-1-3-6-14/h1-8,13H,9-12H2,(H,19,20). The molecule has 0 unspecified atom stereocenters. The van der Waals surface area contributed by atoms with Gasteiger partial charge in [0.1, 0.15) is 5.65 Å². The summed E-state index contributed by atoms with van der Waals surface area (Å²) in [6.45, 7) is 3.19. The van der Waals surface area contributed by atoms with Gasteiger partial charge in [-0.2, -0.15) is 0 Å². The molecule has 0 saturated carbocycles. The molecule has 1 saturated heterocycles. The molecule has 1 aliphatic heterocycles. The van der Waals surface area contributed by atoms with Crippen LogP contribution in [0.25, 0.3) is 11.0 Å². The van der Waals surface area contributed by atoms with E-state index in [4.69, 9.17) is 0 Å². The molecule has 1 aliphatic rings. The zero-order chi connectivity index (χ0) is 15.6. The van der Waals surface area contributed by atoms with E-state index < -0.39 is 0 Å². The van der Waals surface area contributed by atoms with Crippen molar-refractivity contribution >= 4 is 22.6 Å². The van der Waals surface area contributed by atoms with Gasteiger partial charge >= 0.3 is 0 Å². The Hall–Kier alpha value is -2.82. The fourth-order valence-corrected chi connectivity index (χ4v) is 3.11. The van der Waals surface area contributed by atoms with Crippen LogP contribution in [0.3, 0.4) is 0 Å². The molecule has 23 heavy (non-hydrogen) atoms. The van der Waals surface area contributed by atoms with Gasteiger partial charge in [-0.15, -0.1) is 0 Å². The molecule has 0 aliphatic carbocycles. The van der Waals surface area contributed by atoms with Crippen LogP contribution < -0.4 is 4.90 Å². The minimum Gasteiger partial charge on any atom is -0.368 e. The van der Waals surface area contributed by atoms with E-state index in [1.807, 2.05) is 35.2 Å². The van der Waals surface area contributed by atoms with Crippen LogP contribution >= 0.6 is 0 Å². The largest absolute Gasteiger partial charge is 0.368 e. The molecule has 1 aromatic carbocycles. The first kappa shape index (κ1) is 13.8. The van der Waals surface area contributed by atoms with Crippen molar-refractivity contribution in [3.8, 4) is 0 Å². The molecular formula is C18H18N4O. The molecule has 1 amide bonds. The maximum absolute atomic E-state index is 12.8. The molecule has 1 N–H and O–H groups in total. The quantitative estimate of drug-likeness (QED) is 0.791. The highest BCUT2D eigenvalue weighted by Gasteiger charge is 2.24. The molecule has 0 radical (unpaired) electrons. The maximum Gasteiger partial charge on any atom is 0.256 e. The topological polar surface area (TPSA) is 52.2 Å². The van der Waals surface area contributed by atoms with Gasteiger partial charge in [0.25, 0.3) is 5.91 Å². The zero-order valence-electron chi connectivity index (χ0n) is 12.8. The Morgan fingerprint density at radius 1 is 1.00 bits per heavy atom. The van der Waals surface area contributed by atoms with Gasteiger partial charge in [0, 0.05) is 49.6 Å². The summed E-state index contributed by atoms with van der Waals surface area (Å²) in [6.07, 6.45) is 3.50. The second-order valence-corrected chi connectivity index (χ2v) is 5.72. The molecule has 116 valence electrons. The first-order valence-corrected chi connectivity index (χ1v) is 7.84. The van der Waals surface area contributed by atoms with E-state index in [1.165, 1.54) is 5.69 Å². The van der Waals surface area contributed by atoms with Crippen molar-refractivity contribution in [1.82, 2.24) is 14.9 Å². The number of amides is 1. The average molecular weight is 306 g/mol. The molecule has 3 aromatic rings. The summed E-state index contributed by atoms with van der Waals surface area (Å²) in [6, 6.07) is 14.1. The van der Waals surface area contributed by atoms with E-state index in [9.17, 15) is 4.79 Å². The lowest BCUT2D eigenvalue weighted by Gasteiger charge is -2.36. The number of hydrogen-bond donors (Lipinski definition) is 1. The Bertz CT molecular complexity index is 819. The molecule has 0 atom stereocenters. The lowest BCUT2D eigenvalue weighted by molar-refractivity contribution is 0.0749. The highest BCUT2D eigenvalue weighted by atomic mass is 16.2. The first-order valence-electron chi connectivity index (χ1n) is 7.84. The summed E-state index contributed by atoms with van der Waals surface area (Å²) in [5, 5.41) is 0.892. The number of fused-ring (bicyclic) bond motifs is 1. The molecule has 4 rings (SSSR count). The van der Waals surface area contributed by atoms with Gasteiger partial charge < -0.3 is 14.8 Å². The summed E-state index contributed by atoms with van der Waals surface area (Å²) >= 11 is 0. The Morgan fingerprint density at radius 3 is 2.57 bits per heavy atom. The third kappa shape index (κ3) is 2.54. The van der Waals surface area contributed by atoms with Crippen molar-refractivity contribution in [2.75, 3.05) is 31.1 Å². The minimum absolute atomic E-state index is 0.0805. The van der Waals surface area contributed by atoms with E-state index in [0.29, 0.717) is 5.56 Å². The molecule has 2 aromatic heterocycles. The van der Waals surface area contributed by atoms with Crippen molar-refractivity contribution < 1.29 is 4.79 Å². The number of nitrogens with one attached hydrogen (secondary N) is 1. The van der Waals surface area contributed by atoms with Crippen LogP contribution in [-0.2, 0) is 0 Å². The number of hydrogen-bond acceptors (Lipinski definition) is 3. The maximum atomic E-state index is 12.8. The summed E-state index contributed by atoms with van der Waals surface area (Å²) in [4.78, 5) is 24.3. The number of anilines is 1. The van der Waals surface area contributed by atoms with Crippen LogP contribution in [0.5, 0.6) is 0 Å². The van der Waals surface area contributed by atoms with Crippen LogP contribution in [0.2, 0.25) is 0 Å². The number of para-hydroxylation sites is 1. The molecule has 3 heterocycles. The Balaban J connectivity index is 1.49. The minimum atomic E-state index is 0.0805. The lowest BCUT2D eigenvalue weighted by atomic mass is 10.1. The summed E-state index contributed by atoms with van der Waals surface area (Å²) in [7, 11) is 0. The van der Waals surface area contributed by atoms with Gasteiger partial charge in [-0.3, -0.25) is 4.79 Å². The second kappa shape index (κ2) is 5.76. The summed E-state index contributed by atoms with van der Waals surface area (Å²) < 4.78 is 0. The van der Waals surface area contributed by atoms with Crippen molar-refractivity contribution in [3.05, 3.63) is 60.4 Å². The lowest BCUT2D eigenvalue weighted by Crippen LogP contribution is -2.48. The van der Waals surface area contributed by atoms with Gasteiger partial charge in [0.2, 0.25) is 0 Å². The van der Waals surface area contributed by atoms with Crippen molar-refractivity contribution in [1.29, 1.82) is 0 Å². The van der Waals surface area contributed by atoms with Gasteiger partial charge in [-0.1, -0.05) is 18.2 Å². The van der Waals surface area contributed by atoms with E-state index in [-0.39, 0.29) is 5.91 Å². The number of carbonyl (C=O) groups is 1. The number of aromatic nitrogens is 2. The number of aromatic amines is 1. The van der Waals surface area contributed by atoms with E-state index in [2.05, 4.69) is 27.0 Å². The molecular weight excluding hydrogens is 288 g/mol. The van der Waals surface area contributed by atoms with Crippen LogP contribution in [0, 0.1) is 0 Å². The number of pyridine rings is 1. The zero-order valence-corrected chi connectivity index (χ0v) is 12.8. The Morgan fingerprint density at radius 2 is 1.78 bits per heavy atom. The van der Waals surface area contributed by atoms with Crippen LogP contribution in [0.1, 0.15) is 10.4 Å². The van der Waals surface area contributed by atoms with Crippen LogP contribution in [0.15, 0.2) is 54.9 Å². The SMILES string of the molecule is O=C(c1c[nH]c2ncccc12)N1CCN(c2ccccc2)CC1. The normalized spacial score (nSPS) is 15.1. The number of piperazine rings is 1. The van der Waals surface area contributed by atoms with Gasteiger partial charge in [0.05, 0.1) is 5.56 Å². The predicted octanol–water partition coefficient (Wildman–Crippen LogP) is 2.53. The van der Waals surface area contributed by atoms with Crippen molar-refractivity contribution in [3.63, 3.8) is 0 Å². The summed E-state index contributed by atoms with van der Waals surface area (Å²) in [5.41, 5.74) is 2.69. The van der Waals surface area contributed by atoms with E-state index in [0.717, 1.165) is 37.2 Å². The Kier molecular flexibility index (Phi) is 3.46. The van der Waals surface area contributed by atoms with E-state index in [1.54, 1.807) is 12.4 Å². The highest BCUT2D eigenvalue weighted by Crippen LogP contribution is 2.20. The second-order valence-electron chi connectivity index (χ2n) is 5.72. The smallest absolute Gasteiger partial charge is 0.256 e. The number of rotatable bonds is 2. The third-order valence-electron chi connectivity index (χ3n) is 4.37. The number of H-pyrrole nitrogens is 1. The fraction of sp³-hybridized carbons (Fsp3) is 0.222. The van der Waals surface area contributed by atoms with Crippen LogP contribution in [0.4, 0.5) is 5.69 Å². The highest BCUT2D eigenvalue weighted by molar-refractivity contribution is 6.05. The van der Waals surface area contributed by atoms with E-state index >= 15 is 0 Å². The molecule has 0 spiro atoms. The molecule has 1 fully saturated rings. The number of nitrogens with zero attached hydrogens (tertiary/aromatic N) is 3. The van der Waals surface area contributed by atoms with Crippen LogP contribution in [-0.4, -0.2) is 47.0 Å². The average Bonchev–Trinajstić information content (AvgIpc) is 3.06. The fourth-order valence-electron chi connectivity index (χ4n) is 3.11.